The van der Waals surface area contributed by atoms with E-state index in [-0.39, 0.29) is 5.91 Å². The predicted octanol–water partition coefficient (Wildman–Crippen LogP) is 3.33. The fraction of sp³-hybridized carbons (Fsp3) is 0.250. The first-order chi connectivity index (χ1) is 12.2. The SMILES string of the molecule is CCN(CC)c1ccc(/C=N/N=C2/C(=O)N(C)c3ccccc32)cc1. The molecule has 5 nitrogen and oxygen atoms in total. The van der Waals surface area contributed by atoms with Gasteiger partial charge >= 0.3 is 0 Å². The largest absolute Gasteiger partial charge is 0.372 e. The first-order valence-corrected chi connectivity index (χ1v) is 8.49. The van der Waals surface area contributed by atoms with Crippen LogP contribution in [0.1, 0.15) is 25.0 Å². The number of anilines is 2. The number of fused-ring (bicyclic) bond motifs is 1. The molecule has 0 spiro atoms. The van der Waals surface area contributed by atoms with Crippen molar-refractivity contribution >= 4 is 29.2 Å². The summed E-state index contributed by atoms with van der Waals surface area (Å²) >= 11 is 0. The summed E-state index contributed by atoms with van der Waals surface area (Å²) in [6.45, 7) is 6.24. The molecule has 3 rings (SSSR count). The van der Waals surface area contributed by atoms with Gasteiger partial charge in [0.25, 0.3) is 5.91 Å². The lowest BCUT2D eigenvalue weighted by Gasteiger charge is -2.20. The number of hydrogen-bond donors (Lipinski definition) is 0. The molecule has 1 aliphatic heterocycles. The number of hydrogen-bond acceptors (Lipinski definition) is 4. The molecule has 0 unspecified atom stereocenters. The van der Waals surface area contributed by atoms with E-state index < -0.39 is 0 Å². The van der Waals surface area contributed by atoms with Crippen LogP contribution in [0.5, 0.6) is 0 Å². The van der Waals surface area contributed by atoms with E-state index in [2.05, 4.69) is 41.1 Å². The summed E-state index contributed by atoms with van der Waals surface area (Å²) in [5, 5.41) is 8.29. The van der Waals surface area contributed by atoms with Crippen molar-refractivity contribution in [3.8, 4) is 0 Å². The molecule has 0 bridgehead atoms. The van der Waals surface area contributed by atoms with Gasteiger partial charge in [0.15, 0.2) is 5.71 Å². The summed E-state index contributed by atoms with van der Waals surface area (Å²) in [6, 6.07) is 15.8. The van der Waals surface area contributed by atoms with Crippen LogP contribution in [0.2, 0.25) is 0 Å². The van der Waals surface area contributed by atoms with Crippen molar-refractivity contribution < 1.29 is 4.79 Å². The van der Waals surface area contributed by atoms with Gasteiger partial charge in [-0.1, -0.05) is 30.3 Å². The molecule has 0 N–H and O–H groups in total. The standard InChI is InChI=1S/C20H22N4O/c1-4-24(5-2)16-12-10-15(11-13-16)14-21-22-19-17-8-6-7-9-18(17)23(3)20(19)25/h6-14H,4-5H2,1-3H3/b21-14+,22-19+. The van der Waals surface area contributed by atoms with Crippen molar-refractivity contribution in [2.45, 2.75) is 13.8 Å². The van der Waals surface area contributed by atoms with E-state index in [1.807, 2.05) is 36.4 Å². The zero-order chi connectivity index (χ0) is 17.8. The Hall–Kier alpha value is -2.95. The van der Waals surface area contributed by atoms with Gasteiger partial charge in [-0.15, -0.1) is 5.10 Å². The number of nitrogens with zero attached hydrogens (tertiary/aromatic N) is 4. The van der Waals surface area contributed by atoms with Crippen LogP contribution in [-0.2, 0) is 4.79 Å². The lowest BCUT2D eigenvalue weighted by atomic mass is 10.1. The molecule has 1 amide bonds. The topological polar surface area (TPSA) is 48.3 Å². The van der Waals surface area contributed by atoms with E-state index in [0.29, 0.717) is 5.71 Å². The molecular formula is C20H22N4O. The van der Waals surface area contributed by atoms with E-state index in [4.69, 9.17) is 0 Å². The Kier molecular flexibility index (Phi) is 4.93. The maximum atomic E-state index is 12.3. The fourth-order valence-electron chi connectivity index (χ4n) is 2.96. The number of carbonyl (C=O) groups is 1. The van der Waals surface area contributed by atoms with Gasteiger partial charge in [0.2, 0.25) is 0 Å². The Morgan fingerprint density at radius 1 is 1.04 bits per heavy atom. The number of rotatable bonds is 5. The van der Waals surface area contributed by atoms with Crippen LogP contribution >= 0.6 is 0 Å². The molecule has 0 aromatic heterocycles. The van der Waals surface area contributed by atoms with Crippen molar-refractivity contribution in [3.63, 3.8) is 0 Å². The number of likely N-dealkylation sites (N-methyl/N-ethyl adjacent to an activating group) is 1. The van der Waals surface area contributed by atoms with Gasteiger partial charge in [0, 0.05) is 31.4 Å². The second kappa shape index (κ2) is 7.30. The van der Waals surface area contributed by atoms with Gasteiger partial charge in [-0.2, -0.15) is 5.10 Å². The minimum absolute atomic E-state index is 0.129. The van der Waals surface area contributed by atoms with Gasteiger partial charge in [0.1, 0.15) is 0 Å². The fourth-order valence-corrected chi connectivity index (χ4v) is 2.96. The van der Waals surface area contributed by atoms with Crippen molar-refractivity contribution in [1.29, 1.82) is 0 Å². The highest BCUT2D eigenvalue weighted by Gasteiger charge is 2.30. The van der Waals surface area contributed by atoms with Crippen LogP contribution < -0.4 is 9.80 Å². The van der Waals surface area contributed by atoms with E-state index >= 15 is 0 Å². The molecule has 25 heavy (non-hydrogen) atoms. The third kappa shape index (κ3) is 3.31. The third-order valence-electron chi connectivity index (χ3n) is 4.41. The molecule has 5 heteroatoms. The monoisotopic (exact) mass is 334 g/mol. The third-order valence-corrected chi connectivity index (χ3v) is 4.41. The minimum Gasteiger partial charge on any atom is -0.372 e. The second-order valence-electron chi connectivity index (χ2n) is 5.84. The number of carbonyl (C=O) groups excluding carboxylic acids is 1. The van der Waals surface area contributed by atoms with Gasteiger partial charge in [-0.05, 0) is 37.6 Å². The van der Waals surface area contributed by atoms with Crippen molar-refractivity contribution in [2.24, 2.45) is 10.2 Å². The van der Waals surface area contributed by atoms with Crippen molar-refractivity contribution in [1.82, 2.24) is 0 Å². The lowest BCUT2D eigenvalue weighted by Crippen LogP contribution is -2.25. The van der Waals surface area contributed by atoms with E-state index in [9.17, 15) is 4.79 Å². The molecule has 2 aromatic rings. The van der Waals surface area contributed by atoms with E-state index in [1.165, 1.54) is 5.69 Å². The quantitative estimate of drug-likeness (QED) is 0.622. The van der Waals surface area contributed by atoms with Gasteiger partial charge in [-0.25, -0.2) is 0 Å². The maximum Gasteiger partial charge on any atom is 0.279 e. The highest BCUT2D eigenvalue weighted by Crippen LogP contribution is 2.27. The molecule has 0 aliphatic carbocycles. The van der Waals surface area contributed by atoms with Crippen molar-refractivity contribution in [3.05, 3.63) is 59.7 Å². The molecule has 1 aliphatic rings. The molecule has 128 valence electrons. The van der Waals surface area contributed by atoms with Crippen LogP contribution in [0.25, 0.3) is 0 Å². The van der Waals surface area contributed by atoms with Crippen LogP contribution in [-0.4, -0.2) is 38.0 Å². The molecule has 0 fully saturated rings. The number of amides is 1. The minimum atomic E-state index is -0.129. The highest BCUT2D eigenvalue weighted by molar-refractivity contribution is 6.54. The molecule has 0 radical (unpaired) electrons. The van der Waals surface area contributed by atoms with Gasteiger partial charge in [-0.3, -0.25) is 4.79 Å². The Bertz CT molecular complexity index is 820. The zero-order valence-electron chi connectivity index (χ0n) is 14.8. The smallest absolute Gasteiger partial charge is 0.279 e. The molecule has 0 saturated carbocycles. The summed E-state index contributed by atoms with van der Waals surface area (Å²) in [5.74, 6) is -0.129. The summed E-state index contributed by atoms with van der Waals surface area (Å²) in [5.41, 5.74) is 4.21. The maximum absolute atomic E-state index is 12.3. The molecule has 0 saturated heterocycles. The lowest BCUT2D eigenvalue weighted by molar-refractivity contribution is -0.111. The van der Waals surface area contributed by atoms with Gasteiger partial charge in [0.05, 0.1) is 11.9 Å². The summed E-state index contributed by atoms with van der Waals surface area (Å²) in [7, 11) is 1.75. The normalized spacial score (nSPS) is 15.2. The molecule has 1 heterocycles. The van der Waals surface area contributed by atoms with Crippen LogP contribution in [0.3, 0.4) is 0 Å². The summed E-state index contributed by atoms with van der Waals surface area (Å²) in [6.07, 6.45) is 1.67. The highest BCUT2D eigenvalue weighted by atomic mass is 16.2. The van der Waals surface area contributed by atoms with Crippen LogP contribution in [0.15, 0.2) is 58.7 Å². The Morgan fingerprint density at radius 2 is 1.72 bits per heavy atom. The summed E-state index contributed by atoms with van der Waals surface area (Å²) in [4.78, 5) is 16.2. The molecular weight excluding hydrogens is 312 g/mol. The zero-order valence-corrected chi connectivity index (χ0v) is 14.8. The number of benzene rings is 2. The van der Waals surface area contributed by atoms with Crippen LogP contribution in [0.4, 0.5) is 11.4 Å². The van der Waals surface area contributed by atoms with E-state index in [1.54, 1.807) is 18.2 Å². The first kappa shape index (κ1) is 16.9. The number of para-hydroxylation sites is 1. The Morgan fingerprint density at radius 3 is 2.40 bits per heavy atom. The van der Waals surface area contributed by atoms with Gasteiger partial charge < -0.3 is 9.80 Å². The average molecular weight is 334 g/mol. The van der Waals surface area contributed by atoms with E-state index in [0.717, 1.165) is 29.9 Å². The Labute approximate surface area is 148 Å². The molecule has 2 aromatic carbocycles. The van der Waals surface area contributed by atoms with Crippen LogP contribution in [0, 0.1) is 0 Å². The first-order valence-electron chi connectivity index (χ1n) is 8.49. The summed E-state index contributed by atoms with van der Waals surface area (Å²) < 4.78 is 0. The van der Waals surface area contributed by atoms with Crippen molar-refractivity contribution in [2.75, 3.05) is 29.9 Å². The molecule has 0 atom stereocenters. The average Bonchev–Trinajstić information content (AvgIpc) is 2.89. The second-order valence-corrected chi connectivity index (χ2v) is 5.84. The predicted molar refractivity (Wildman–Crippen MR) is 104 cm³/mol. The Balaban J connectivity index is 1.79.